The Morgan fingerprint density at radius 1 is 1.28 bits per heavy atom. The molecule has 1 N–H and O–H groups in total. The second kappa shape index (κ2) is 6.51. The zero-order valence-electron chi connectivity index (χ0n) is 13.9. The lowest BCUT2D eigenvalue weighted by Crippen LogP contribution is -2.39. The van der Waals surface area contributed by atoms with Crippen molar-refractivity contribution in [3.63, 3.8) is 0 Å². The maximum absolute atomic E-state index is 12.5. The third kappa shape index (κ3) is 3.13. The number of nitrogens with one attached hydrogen (secondary N) is 1. The van der Waals surface area contributed by atoms with E-state index >= 15 is 0 Å². The van der Waals surface area contributed by atoms with E-state index in [1.807, 2.05) is 34.9 Å². The Morgan fingerprint density at radius 3 is 2.68 bits per heavy atom. The van der Waals surface area contributed by atoms with Crippen molar-refractivity contribution in [3.8, 4) is 5.69 Å². The molecule has 1 aliphatic heterocycles. The molecule has 4 rings (SSSR count). The zero-order chi connectivity index (χ0) is 17.4. The number of carbonyl (C=O) groups is 2. The molecule has 2 aromatic rings. The number of urea groups is 1. The first kappa shape index (κ1) is 16.1. The minimum Gasteiger partial charge on any atom is -0.336 e. The lowest BCUT2D eigenvalue weighted by molar-refractivity contribution is -0.126. The molecule has 1 aromatic carbocycles. The fraction of sp³-hybridized carbons (Fsp3) is 0.412. The number of hydrogen-bond donors (Lipinski definition) is 1. The average Bonchev–Trinajstić information content (AvgIpc) is 3.25. The van der Waals surface area contributed by atoms with E-state index in [2.05, 4.69) is 15.5 Å². The lowest BCUT2D eigenvalue weighted by atomic mass is 10.3. The first-order valence-corrected chi connectivity index (χ1v) is 9.29. The molecule has 1 saturated heterocycles. The molecular formula is C17H19N5O2S. The molecule has 1 aromatic heterocycles. The van der Waals surface area contributed by atoms with E-state index in [0.717, 1.165) is 24.4 Å². The van der Waals surface area contributed by atoms with Crippen LogP contribution in [0.4, 0.5) is 4.79 Å². The van der Waals surface area contributed by atoms with Gasteiger partial charge in [-0.15, -0.1) is 10.2 Å². The number of carbonyl (C=O) groups excluding carboxylic acids is 2. The van der Waals surface area contributed by atoms with Gasteiger partial charge in [0.05, 0.1) is 5.25 Å². The molecule has 7 nitrogen and oxygen atoms in total. The van der Waals surface area contributed by atoms with Gasteiger partial charge in [0, 0.05) is 24.7 Å². The van der Waals surface area contributed by atoms with Crippen LogP contribution in [0.2, 0.25) is 0 Å². The summed E-state index contributed by atoms with van der Waals surface area (Å²) in [5.74, 6) is 1.19. The summed E-state index contributed by atoms with van der Waals surface area (Å²) in [5, 5.41) is 11.6. The van der Waals surface area contributed by atoms with Gasteiger partial charge in [0.25, 0.3) is 0 Å². The minimum absolute atomic E-state index is 0.199. The number of rotatable bonds is 5. The van der Waals surface area contributed by atoms with Crippen molar-refractivity contribution in [1.82, 2.24) is 25.0 Å². The topological polar surface area (TPSA) is 80.1 Å². The van der Waals surface area contributed by atoms with Crippen molar-refractivity contribution < 1.29 is 9.59 Å². The number of benzene rings is 1. The summed E-state index contributed by atoms with van der Waals surface area (Å²) in [6, 6.07) is 9.63. The highest BCUT2D eigenvalue weighted by molar-refractivity contribution is 8.00. The van der Waals surface area contributed by atoms with E-state index in [9.17, 15) is 9.59 Å². The summed E-state index contributed by atoms with van der Waals surface area (Å²) in [6.45, 7) is 2.73. The molecule has 0 unspecified atom stereocenters. The van der Waals surface area contributed by atoms with Crippen molar-refractivity contribution in [2.45, 2.75) is 36.1 Å². The van der Waals surface area contributed by atoms with Crippen LogP contribution in [0, 0.1) is 0 Å². The Kier molecular flexibility index (Phi) is 4.20. The van der Waals surface area contributed by atoms with E-state index in [1.165, 1.54) is 16.7 Å². The van der Waals surface area contributed by atoms with Gasteiger partial charge in [-0.1, -0.05) is 30.0 Å². The molecule has 1 atom stereocenters. The number of thioether (sulfide) groups is 1. The van der Waals surface area contributed by atoms with E-state index in [0.29, 0.717) is 24.2 Å². The van der Waals surface area contributed by atoms with Gasteiger partial charge >= 0.3 is 6.03 Å². The molecule has 130 valence electrons. The summed E-state index contributed by atoms with van der Waals surface area (Å²) >= 11 is 1.35. The largest absolute Gasteiger partial charge is 0.336 e. The Hall–Kier alpha value is -2.35. The van der Waals surface area contributed by atoms with Crippen molar-refractivity contribution in [2.75, 3.05) is 13.1 Å². The standard InChI is InChI=1S/C17H19N5O2S/c1-11(15(23)21-10-9-18-16(21)24)25-17-20-19-14(12-7-8-12)22(17)13-5-3-2-4-6-13/h2-6,11-12H,7-10H2,1H3,(H,18,24)/t11-/m1/s1. The fourth-order valence-corrected chi connectivity index (χ4v) is 3.83. The summed E-state index contributed by atoms with van der Waals surface area (Å²) < 4.78 is 2.04. The normalized spacial score (nSPS) is 18.3. The molecule has 2 aliphatic rings. The van der Waals surface area contributed by atoms with Crippen molar-refractivity contribution in [3.05, 3.63) is 36.2 Å². The second-order valence-electron chi connectivity index (χ2n) is 6.27. The van der Waals surface area contributed by atoms with Crippen LogP contribution in [0.25, 0.3) is 5.69 Å². The van der Waals surface area contributed by atoms with Crippen molar-refractivity contribution >= 4 is 23.7 Å². The second-order valence-corrected chi connectivity index (χ2v) is 7.58. The molecular weight excluding hydrogens is 338 g/mol. The SMILES string of the molecule is C[C@@H](Sc1nnc(C2CC2)n1-c1ccccc1)C(=O)N1CCNC1=O. The molecule has 1 saturated carbocycles. The Bertz CT molecular complexity index is 803. The van der Waals surface area contributed by atoms with Crippen LogP contribution in [-0.2, 0) is 4.79 Å². The highest BCUT2D eigenvalue weighted by Crippen LogP contribution is 2.41. The Balaban J connectivity index is 1.60. The summed E-state index contributed by atoms with van der Waals surface area (Å²) in [5.41, 5.74) is 0.996. The van der Waals surface area contributed by atoms with Crippen molar-refractivity contribution in [2.24, 2.45) is 0 Å². The van der Waals surface area contributed by atoms with E-state index in [1.54, 1.807) is 6.92 Å². The van der Waals surface area contributed by atoms with Crippen LogP contribution < -0.4 is 5.32 Å². The molecule has 0 spiro atoms. The summed E-state index contributed by atoms with van der Waals surface area (Å²) in [4.78, 5) is 25.5. The van der Waals surface area contributed by atoms with Crippen LogP contribution in [-0.4, -0.2) is 49.9 Å². The minimum atomic E-state index is -0.414. The van der Waals surface area contributed by atoms with Gasteiger partial charge in [0.2, 0.25) is 5.91 Å². The molecule has 2 fully saturated rings. The number of amides is 3. The van der Waals surface area contributed by atoms with Crippen LogP contribution in [0.3, 0.4) is 0 Å². The fourth-order valence-electron chi connectivity index (χ4n) is 2.89. The smallest absolute Gasteiger partial charge is 0.324 e. The first-order chi connectivity index (χ1) is 12.1. The monoisotopic (exact) mass is 357 g/mol. The first-order valence-electron chi connectivity index (χ1n) is 8.41. The van der Waals surface area contributed by atoms with E-state index in [4.69, 9.17) is 0 Å². The van der Waals surface area contributed by atoms with Crippen LogP contribution in [0.1, 0.15) is 31.5 Å². The number of aromatic nitrogens is 3. The van der Waals surface area contributed by atoms with Gasteiger partial charge in [-0.25, -0.2) is 4.79 Å². The number of para-hydroxylation sites is 1. The molecule has 2 heterocycles. The van der Waals surface area contributed by atoms with E-state index in [-0.39, 0.29) is 11.9 Å². The average molecular weight is 357 g/mol. The number of hydrogen-bond acceptors (Lipinski definition) is 5. The molecule has 3 amide bonds. The molecule has 1 aliphatic carbocycles. The number of imide groups is 1. The van der Waals surface area contributed by atoms with Gasteiger partial charge in [-0.2, -0.15) is 0 Å². The van der Waals surface area contributed by atoms with Gasteiger partial charge in [0.15, 0.2) is 5.16 Å². The third-order valence-electron chi connectivity index (χ3n) is 4.37. The quantitative estimate of drug-likeness (QED) is 0.830. The predicted molar refractivity (Wildman–Crippen MR) is 93.8 cm³/mol. The number of nitrogens with zero attached hydrogens (tertiary/aromatic N) is 4. The third-order valence-corrected chi connectivity index (χ3v) is 5.40. The van der Waals surface area contributed by atoms with Crippen molar-refractivity contribution in [1.29, 1.82) is 0 Å². The Labute approximate surface area is 149 Å². The lowest BCUT2D eigenvalue weighted by Gasteiger charge is -2.17. The van der Waals surface area contributed by atoms with Crippen LogP contribution >= 0.6 is 11.8 Å². The predicted octanol–water partition coefficient (Wildman–Crippen LogP) is 2.18. The molecule has 8 heteroatoms. The summed E-state index contributed by atoms with van der Waals surface area (Å²) in [6.07, 6.45) is 2.25. The van der Waals surface area contributed by atoms with Gasteiger partial charge < -0.3 is 5.32 Å². The van der Waals surface area contributed by atoms with Gasteiger partial charge in [-0.3, -0.25) is 14.3 Å². The Morgan fingerprint density at radius 2 is 2.04 bits per heavy atom. The highest BCUT2D eigenvalue weighted by Gasteiger charge is 2.34. The summed E-state index contributed by atoms with van der Waals surface area (Å²) in [7, 11) is 0. The molecule has 0 bridgehead atoms. The zero-order valence-corrected chi connectivity index (χ0v) is 14.7. The molecule has 0 radical (unpaired) electrons. The maximum atomic E-state index is 12.5. The van der Waals surface area contributed by atoms with Gasteiger partial charge in [-0.05, 0) is 31.9 Å². The molecule has 25 heavy (non-hydrogen) atoms. The van der Waals surface area contributed by atoms with Crippen LogP contribution in [0.5, 0.6) is 0 Å². The highest BCUT2D eigenvalue weighted by atomic mass is 32.2. The van der Waals surface area contributed by atoms with Crippen LogP contribution in [0.15, 0.2) is 35.5 Å². The van der Waals surface area contributed by atoms with Gasteiger partial charge in [0.1, 0.15) is 5.82 Å². The van der Waals surface area contributed by atoms with E-state index < -0.39 is 5.25 Å². The maximum Gasteiger partial charge on any atom is 0.324 e.